The molecule has 0 aliphatic carbocycles. The maximum absolute atomic E-state index is 13.6. The third-order valence-electron chi connectivity index (χ3n) is 5.78. The van der Waals surface area contributed by atoms with Crippen LogP contribution in [0.5, 0.6) is 17.2 Å². The highest BCUT2D eigenvalue weighted by molar-refractivity contribution is 7.92. The van der Waals surface area contributed by atoms with Crippen LogP contribution in [0.15, 0.2) is 71.6 Å². The van der Waals surface area contributed by atoms with Gasteiger partial charge in [-0.15, -0.1) is 0 Å². The minimum Gasteiger partial charge on any atom is -0.494 e. The van der Waals surface area contributed by atoms with Gasteiger partial charge in [0.05, 0.1) is 23.2 Å². The van der Waals surface area contributed by atoms with Crippen LogP contribution in [0, 0.1) is 6.92 Å². The zero-order valence-electron chi connectivity index (χ0n) is 20.6. The average Bonchev–Trinajstić information content (AvgIpc) is 2.88. The van der Waals surface area contributed by atoms with Crippen LogP contribution in [-0.2, 0) is 14.8 Å². The fourth-order valence-electron chi connectivity index (χ4n) is 3.86. The Morgan fingerprint density at radius 1 is 1.00 bits per heavy atom. The quantitative estimate of drug-likeness (QED) is 0.463. The first-order valence-corrected chi connectivity index (χ1v) is 13.2. The molecule has 1 heterocycles. The molecule has 1 atom stereocenters. The van der Waals surface area contributed by atoms with Gasteiger partial charge < -0.3 is 19.5 Å². The van der Waals surface area contributed by atoms with E-state index in [4.69, 9.17) is 14.2 Å². The summed E-state index contributed by atoms with van der Waals surface area (Å²) in [5.41, 5.74) is 2.12. The maximum Gasteiger partial charge on any atom is 0.264 e. The molecule has 36 heavy (non-hydrogen) atoms. The molecular weight excluding hydrogens is 480 g/mol. The number of fused-ring (bicyclic) bond motifs is 1. The van der Waals surface area contributed by atoms with E-state index < -0.39 is 15.9 Å². The Bertz CT molecular complexity index is 1310. The summed E-state index contributed by atoms with van der Waals surface area (Å²) in [5, 5.41) is 2.90. The molecule has 0 fully saturated rings. The molecule has 4 rings (SSSR count). The van der Waals surface area contributed by atoms with Crippen LogP contribution in [0.25, 0.3) is 0 Å². The highest BCUT2D eigenvalue weighted by Crippen LogP contribution is 2.32. The van der Waals surface area contributed by atoms with E-state index in [1.807, 2.05) is 32.9 Å². The van der Waals surface area contributed by atoms with Gasteiger partial charge in [0, 0.05) is 0 Å². The fraction of sp³-hybridized carbons (Fsp3) is 0.296. The molecule has 1 amide bonds. The van der Waals surface area contributed by atoms with E-state index in [0.29, 0.717) is 42.8 Å². The Morgan fingerprint density at radius 3 is 2.33 bits per heavy atom. The van der Waals surface area contributed by atoms with Gasteiger partial charge in [0.2, 0.25) is 5.91 Å². The first kappa shape index (κ1) is 25.4. The monoisotopic (exact) mass is 510 g/mol. The molecule has 1 aliphatic heterocycles. The smallest absolute Gasteiger partial charge is 0.264 e. The molecule has 9 heteroatoms. The summed E-state index contributed by atoms with van der Waals surface area (Å²) in [6.07, 6.45) is 0. The lowest BCUT2D eigenvalue weighted by atomic mass is 10.1. The predicted molar refractivity (Wildman–Crippen MR) is 137 cm³/mol. The molecule has 0 radical (unpaired) electrons. The Kier molecular flexibility index (Phi) is 7.69. The molecule has 1 N–H and O–H groups in total. The molecule has 3 aromatic rings. The summed E-state index contributed by atoms with van der Waals surface area (Å²) in [4.78, 5) is 13.2. The molecular formula is C27H30N2O6S. The topological polar surface area (TPSA) is 94.2 Å². The second kappa shape index (κ2) is 10.9. The van der Waals surface area contributed by atoms with Gasteiger partial charge in [-0.1, -0.05) is 23.8 Å². The largest absolute Gasteiger partial charge is 0.494 e. The third kappa shape index (κ3) is 5.73. The number of rotatable bonds is 9. The van der Waals surface area contributed by atoms with Crippen molar-refractivity contribution in [3.8, 4) is 17.2 Å². The molecule has 1 aliphatic rings. The van der Waals surface area contributed by atoms with Crippen molar-refractivity contribution in [3.63, 3.8) is 0 Å². The van der Waals surface area contributed by atoms with E-state index in [2.05, 4.69) is 5.32 Å². The van der Waals surface area contributed by atoms with Crippen molar-refractivity contribution >= 4 is 21.6 Å². The number of carbonyl (C=O) groups is 1. The van der Waals surface area contributed by atoms with Crippen LogP contribution < -0.4 is 23.8 Å². The number of anilines is 1. The first-order valence-electron chi connectivity index (χ1n) is 11.8. The van der Waals surface area contributed by atoms with Crippen molar-refractivity contribution in [1.29, 1.82) is 0 Å². The number of ether oxygens (including phenoxy) is 3. The van der Waals surface area contributed by atoms with Gasteiger partial charge in [-0.3, -0.25) is 9.10 Å². The number of carbonyl (C=O) groups excluding carboxylic acids is 1. The Hall–Kier alpha value is -3.72. The van der Waals surface area contributed by atoms with E-state index in [-0.39, 0.29) is 17.5 Å². The molecule has 0 unspecified atom stereocenters. The molecule has 0 saturated carbocycles. The number of nitrogens with one attached hydrogen (secondary N) is 1. The summed E-state index contributed by atoms with van der Waals surface area (Å²) in [5.74, 6) is 1.46. The summed E-state index contributed by atoms with van der Waals surface area (Å²) in [7, 11) is -4.01. The van der Waals surface area contributed by atoms with E-state index in [1.54, 1.807) is 54.6 Å². The minimum absolute atomic E-state index is 0.106. The van der Waals surface area contributed by atoms with Gasteiger partial charge >= 0.3 is 0 Å². The maximum atomic E-state index is 13.6. The number of nitrogens with zero attached hydrogens (tertiary/aromatic N) is 1. The number of hydrogen-bond acceptors (Lipinski definition) is 6. The Morgan fingerprint density at radius 2 is 1.67 bits per heavy atom. The van der Waals surface area contributed by atoms with E-state index >= 15 is 0 Å². The van der Waals surface area contributed by atoms with Crippen molar-refractivity contribution < 1.29 is 27.4 Å². The molecule has 190 valence electrons. The summed E-state index contributed by atoms with van der Waals surface area (Å²) in [6.45, 7) is 6.64. The lowest BCUT2D eigenvalue weighted by molar-refractivity contribution is -0.120. The van der Waals surface area contributed by atoms with E-state index in [9.17, 15) is 13.2 Å². The minimum atomic E-state index is -4.01. The number of benzene rings is 3. The lowest BCUT2D eigenvalue weighted by Crippen LogP contribution is -2.41. The highest BCUT2D eigenvalue weighted by atomic mass is 32.2. The first-order chi connectivity index (χ1) is 17.3. The molecule has 0 saturated heterocycles. The van der Waals surface area contributed by atoms with Crippen molar-refractivity contribution in [2.24, 2.45) is 0 Å². The van der Waals surface area contributed by atoms with Crippen molar-refractivity contribution in [3.05, 3.63) is 77.9 Å². The van der Waals surface area contributed by atoms with Crippen LogP contribution in [-0.4, -0.2) is 40.7 Å². The van der Waals surface area contributed by atoms with Gasteiger partial charge in [0.25, 0.3) is 10.0 Å². The normalized spacial score (nSPS) is 13.5. The standard InChI is InChI=1S/C27H30N2O6S/c1-4-33-23-10-8-22(9-11-23)29(36(31,32)24-12-5-19(2)6-13-24)18-27(30)28-20(3)21-7-14-25-26(17-21)35-16-15-34-25/h5-14,17,20H,4,15-16,18H2,1-3H3,(H,28,30)/t20-/m1/s1. The fourth-order valence-corrected chi connectivity index (χ4v) is 5.28. The summed E-state index contributed by atoms with van der Waals surface area (Å²) < 4.78 is 45.0. The number of aryl methyl sites for hydroxylation is 1. The van der Waals surface area contributed by atoms with Gasteiger partial charge in [-0.25, -0.2) is 8.42 Å². The predicted octanol–water partition coefficient (Wildman–Crippen LogP) is 4.24. The van der Waals surface area contributed by atoms with Gasteiger partial charge in [-0.05, 0) is 74.9 Å². The van der Waals surface area contributed by atoms with E-state index in [1.165, 1.54) is 0 Å². The molecule has 0 aromatic heterocycles. The van der Waals surface area contributed by atoms with Crippen LogP contribution in [0.4, 0.5) is 5.69 Å². The number of hydrogen-bond donors (Lipinski definition) is 1. The molecule has 8 nitrogen and oxygen atoms in total. The second-order valence-electron chi connectivity index (χ2n) is 8.44. The SMILES string of the molecule is CCOc1ccc(N(CC(=O)N[C@H](C)c2ccc3c(c2)OCCO3)S(=O)(=O)c2ccc(C)cc2)cc1. The van der Waals surface area contributed by atoms with Crippen molar-refractivity contribution in [1.82, 2.24) is 5.32 Å². The Labute approximate surface area is 211 Å². The summed E-state index contributed by atoms with van der Waals surface area (Å²) in [6, 6.07) is 18.3. The van der Waals surface area contributed by atoms with Crippen LogP contribution in [0.2, 0.25) is 0 Å². The van der Waals surface area contributed by atoms with Gasteiger partial charge in [-0.2, -0.15) is 0 Å². The van der Waals surface area contributed by atoms with Crippen molar-refractivity contribution in [2.45, 2.75) is 31.7 Å². The Balaban J connectivity index is 1.57. The number of amides is 1. The number of sulfonamides is 1. The highest BCUT2D eigenvalue weighted by Gasteiger charge is 2.28. The van der Waals surface area contributed by atoms with Crippen molar-refractivity contribution in [2.75, 3.05) is 30.7 Å². The van der Waals surface area contributed by atoms with Crippen LogP contribution in [0.3, 0.4) is 0 Å². The molecule has 0 spiro atoms. The average molecular weight is 511 g/mol. The molecule has 0 bridgehead atoms. The third-order valence-corrected chi connectivity index (χ3v) is 7.56. The second-order valence-corrected chi connectivity index (χ2v) is 10.3. The summed E-state index contributed by atoms with van der Waals surface area (Å²) >= 11 is 0. The van der Waals surface area contributed by atoms with Crippen LogP contribution in [0.1, 0.15) is 31.0 Å². The van der Waals surface area contributed by atoms with Gasteiger partial charge in [0.1, 0.15) is 25.5 Å². The zero-order valence-corrected chi connectivity index (χ0v) is 21.4. The van der Waals surface area contributed by atoms with E-state index in [0.717, 1.165) is 15.4 Å². The zero-order chi connectivity index (χ0) is 25.7. The lowest BCUT2D eigenvalue weighted by Gasteiger charge is -2.26. The van der Waals surface area contributed by atoms with Gasteiger partial charge in [0.15, 0.2) is 11.5 Å². The van der Waals surface area contributed by atoms with Crippen LogP contribution >= 0.6 is 0 Å². The molecule has 3 aromatic carbocycles.